The van der Waals surface area contributed by atoms with E-state index in [1.54, 1.807) is 0 Å². The van der Waals surface area contributed by atoms with E-state index in [1.807, 2.05) is 0 Å². The maximum Gasteiger partial charge on any atom is 0.247 e. The van der Waals surface area contributed by atoms with Crippen LogP contribution in [0.25, 0.3) is 0 Å². The fraction of sp³-hybridized carbons (Fsp3) is 1.00. The fourth-order valence-corrected chi connectivity index (χ4v) is 6.14. The molecule has 0 heterocycles. The van der Waals surface area contributed by atoms with Gasteiger partial charge in [-0.1, -0.05) is 53.4 Å². The highest BCUT2D eigenvalue weighted by atomic mass is 31.2. The van der Waals surface area contributed by atoms with Crippen molar-refractivity contribution in [3.8, 4) is 0 Å². The average molecular weight is 320 g/mol. The highest BCUT2D eigenvalue weighted by Gasteiger charge is 2.51. The van der Waals surface area contributed by atoms with Crippen LogP contribution in [0, 0.1) is 0 Å². The number of nitrogens with two attached hydrogens (primary N) is 2. The van der Waals surface area contributed by atoms with Crippen LogP contribution in [0.5, 0.6) is 0 Å². The lowest BCUT2D eigenvalue weighted by Gasteiger charge is -2.35. The van der Waals surface area contributed by atoms with Crippen LogP contribution in [-0.4, -0.2) is 24.7 Å². The van der Waals surface area contributed by atoms with E-state index in [0.717, 1.165) is 58.1 Å². The zero-order chi connectivity index (χ0) is 16.1. The second kappa shape index (κ2) is 12.8. The quantitative estimate of drug-likeness (QED) is 0.331. The molecule has 0 aliphatic heterocycles. The van der Waals surface area contributed by atoms with Gasteiger partial charge in [0.2, 0.25) is 7.64 Å². The van der Waals surface area contributed by atoms with Gasteiger partial charge in [-0.05, 0) is 12.8 Å². The molecule has 0 aromatic rings. The van der Waals surface area contributed by atoms with Crippen molar-refractivity contribution >= 4 is 7.64 Å². The van der Waals surface area contributed by atoms with Gasteiger partial charge < -0.3 is 0 Å². The third-order valence-corrected chi connectivity index (χ3v) is 7.66. The van der Waals surface area contributed by atoms with Gasteiger partial charge in [0.1, 0.15) is 0 Å². The molecule has 2 atom stereocenters. The van der Waals surface area contributed by atoms with Gasteiger partial charge in [0.05, 0.1) is 6.61 Å². The molecular formula is C16H39N3OP+. The number of unbranched alkanes of at least 4 members (excludes halogenated alkanes) is 2. The van der Waals surface area contributed by atoms with Gasteiger partial charge in [0.15, 0.2) is 11.6 Å². The largest absolute Gasteiger partial charge is 0.293 e. The Morgan fingerprint density at radius 2 is 1.38 bits per heavy atom. The summed E-state index contributed by atoms with van der Waals surface area (Å²) in [5.74, 6) is 0.107. The maximum absolute atomic E-state index is 6.54. The summed E-state index contributed by atoms with van der Waals surface area (Å²) in [6.45, 7) is 10.5. The smallest absolute Gasteiger partial charge is 0.247 e. The first-order valence-electron chi connectivity index (χ1n) is 8.88. The van der Waals surface area contributed by atoms with E-state index in [-0.39, 0.29) is 11.6 Å². The molecule has 0 fully saturated rings. The molecule has 128 valence electrons. The molecule has 4 nitrogen and oxygen atoms in total. The summed E-state index contributed by atoms with van der Waals surface area (Å²) in [5.41, 5.74) is 13.1. The van der Waals surface area contributed by atoms with Crippen molar-refractivity contribution in [3.05, 3.63) is 0 Å². The van der Waals surface area contributed by atoms with E-state index in [4.69, 9.17) is 16.0 Å². The average Bonchev–Trinajstić information content (AvgIpc) is 2.46. The van der Waals surface area contributed by atoms with Crippen molar-refractivity contribution in [2.24, 2.45) is 11.5 Å². The van der Waals surface area contributed by atoms with E-state index in [1.165, 1.54) is 6.42 Å². The molecule has 21 heavy (non-hydrogen) atoms. The zero-order valence-electron chi connectivity index (χ0n) is 14.7. The predicted octanol–water partition coefficient (Wildman–Crippen LogP) is 4.21. The third-order valence-electron chi connectivity index (χ3n) is 3.85. The first-order valence-corrected chi connectivity index (χ1v) is 10.7. The Bertz CT molecular complexity index is 218. The van der Waals surface area contributed by atoms with Crippen molar-refractivity contribution < 1.29 is 4.52 Å². The number of hydrogen-bond acceptors (Lipinski definition) is 4. The summed E-state index contributed by atoms with van der Waals surface area (Å²) >= 11 is 0. The van der Waals surface area contributed by atoms with Crippen LogP contribution in [0.3, 0.4) is 0 Å². The first kappa shape index (κ1) is 21.3. The topological polar surface area (TPSA) is 73.3 Å². The molecule has 0 saturated carbocycles. The standard InChI is InChI=1S/C16H39N3OP/c1-5-9-13-19-21(15(17)11-7-3,16(18)12-8-4)20-14-10-6-2/h15-16,19H,5-14,17-18H2,1-4H3/q+1. The summed E-state index contributed by atoms with van der Waals surface area (Å²) < 4.78 is 6.40. The van der Waals surface area contributed by atoms with Crippen LogP contribution in [0.15, 0.2) is 0 Å². The first-order chi connectivity index (χ1) is 10.1. The SMILES string of the molecule is CCCCN[P+](OCCCC)(C(N)CCC)C(N)CCC. The molecule has 0 bridgehead atoms. The van der Waals surface area contributed by atoms with E-state index in [2.05, 4.69) is 32.8 Å². The summed E-state index contributed by atoms with van der Waals surface area (Å²) in [4.78, 5) is 0. The Kier molecular flexibility index (Phi) is 12.9. The van der Waals surface area contributed by atoms with Crippen molar-refractivity contribution in [3.63, 3.8) is 0 Å². The summed E-state index contributed by atoms with van der Waals surface area (Å²) in [6.07, 6.45) is 8.66. The second-order valence-corrected chi connectivity index (χ2v) is 9.19. The molecule has 0 amide bonds. The van der Waals surface area contributed by atoms with E-state index in [0.29, 0.717) is 0 Å². The van der Waals surface area contributed by atoms with Crippen LogP contribution in [0.4, 0.5) is 0 Å². The van der Waals surface area contributed by atoms with E-state index in [9.17, 15) is 0 Å². The highest BCUT2D eigenvalue weighted by molar-refractivity contribution is 7.70. The van der Waals surface area contributed by atoms with Crippen molar-refractivity contribution in [1.29, 1.82) is 0 Å². The molecule has 0 aliphatic carbocycles. The minimum Gasteiger partial charge on any atom is -0.293 e. The fourth-order valence-electron chi connectivity index (χ4n) is 2.48. The molecule has 5 N–H and O–H groups in total. The van der Waals surface area contributed by atoms with Gasteiger partial charge in [-0.2, -0.15) is 5.09 Å². The van der Waals surface area contributed by atoms with Crippen molar-refractivity contribution in [2.75, 3.05) is 13.2 Å². The summed E-state index contributed by atoms with van der Waals surface area (Å²) in [7, 11) is -1.97. The van der Waals surface area contributed by atoms with Crippen LogP contribution in [-0.2, 0) is 4.52 Å². The molecule has 0 spiro atoms. The molecule has 0 saturated heterocycles. The van der Waals surface area contributed by atoms with Gasteiger partial charge in [0.25, 0.3) is 0 Å². The second-order valence-electron chi connectivity index (χ2n) is 5.87. The monoisotopic (exact) mass is 320 g/mol. The molecule has 0 aliphatic rings. The molecule has 5 heteroatoms. The van der Waals surface area contributed by atoms with Gasteiger partial charge in [-0.15, -0.1) is 0 Å². The Morgan fingerprint density at radius 1 is 0.857 bits per heavy atom. The molecule has 0 rings (SSSR count). The number of rotatable bonds is 14. The summed E-state index contributed by atoms with van der Waals surface area (Å²) in [6, 6.07) is 0. The highest BCUT2D eigenvalue weighted by Crippen LogP contribution is 2.63. The molecule has 2 unspecified atom stereocenters. The molecule has 0 aromatic heterocycles. The normalized spacial score (nSPS) is 17.4. The minimum absolute atomic E-state index is 0.0535. The van der Waals surface area contributed by atoms with Crippen LogP contribution in [0.2, 0.25) is 0 Å². The lowest BCUT2D eigenvalue weighted by molar-refractivity contribution is 0.307. The molecule has 0 aromatic carbocycles. The zero-order valence-corrected chi connectivity index (χ0v) is 15.6. The lowest BCUT2D eigenvalue weighted by atomic mass is 10.3. The van der Waals surface area contributed by atoms with Gasteiger partial charge >= 0.3 is 0 Å². The van der Waals surface area contributed by atoms with Crippen molar-refractivity contribution in [2.45, 2.75) is 90.6 Å². The molecular weight excluding hydrogens is 281 g/mol. The Morgan fingerprint density at radius 3 is 1.81 bits per heavy atom. The van der Waals surface area contributed by atoms with Crippen molar-refractivity contribution in [1.82, 2.24) is 5.09 Å². The minimum atomic E-state index is -1.97. The maximum atomic E-state index is 6.54. The van der Waals surface area contributed by atoms with Crippen LogP contribution in [0.1, 0.15) is 79.1 Å². The van der Waals surface area contributed by atoms with Crippen LogP contribution < -0.4 is 16.6 Å². The number of hydrogen-bond donors (Lipinski definition) is 3. The van der Waals surface area contributed by atoms with Gasteiger partial charge in [-0.3, -0.25) is 11.5 Å². The van der Waals surface area contributed by atoms with Gasteiger partial charge in [0, 0.05) is 19.4 Å². The number of nitrogens with one attached hydrogen (secondary N) is 1. The molecule has 0 radical (unpaired) electrons. The van der Waals surface area contributed by atoms with Crippen LogP contribution >= 0.6 is 7.64 Å². The van der Waals surface area contributed by atoms with Gasteiger partial charge in [-0.25, -0.2) is 4.52 Å². The Labute approximate surface area is 133 Å². The Hall–Kier alpha value is 0.270. The predicted molar refractivity (Wildman–Crippen MR) is 96.5 cm³/mol. The summed E-state index contributed by atoms with van der Waals surface area (Å²) in [5, 5.41) is 3.70. The lowest BCUT2D eigenvalue weighted by Crippen LogP contribution is -2.44. The van der Waals surface area contributed by atoms with E-state index < -0.39 is 7.64 Å². The Balaban J connectivity index is 5.04. The third kappa shape index (κ3) is 7.38. The van der Waals surface area contributed by atoms with E-state index >= 15 is 0 Å².